The molecule has 736 valence electrons. The summed E-state index contributed by atoms with van der Waals surface area (Å²) in [6.07, 6.45) is 28.4. The van der Waals surface area contributed by atoms with Crippen LogP contribution in [0.1, 0.15) is 12.0 Å². The number of para-hydroxylation sites is 1. The highest BCUT2D eigenvalue weighted by Crippen LogP contribution is 2.40. The molecule has 0 saturated carbocycles. The van der Waals surface area contributed by atoms with Gasteiger partial charge in [-0.1, -0.05) is 114 Å². The van der Waals surface area contributed by atoms with Crippen LogP contribution in [0.5, 0.6) is 0 Å². The lowest BCUT2D eigenvalue weighted by Crippen LogP contribution is -2.21. The van der Waals surface area contributed by atoms with Crippen LogP contribution in [-0.4, -0.2) is 152 Å². The summed E-state index contributed by atoms with van der Waals surface area (Å²) in [7, 11) is 4.96. The zero-order valence-corrected chi connectivity index (χ0v) is 82.4. The van der Waals surface area contributed by atoms with Crippen LogP contribution in [0.2, 0.25) is 10.0 Å². The number of esters is 1. The largest absolute Gasteiger partial charge is 0.468 e. The van der Waals surface area contributed by atoms with Gasteiger partial charge < -0.3 is 59.3 Å². The topological polar surface area (TPSA) is 332 Å². The van der Waals surface area contributed by atoms with Crippen LogP contribution < -0.4 is 27.0 Å². The number of fused-ring (bicyclic) bond motifs is 10. The first kappa shape index (κ1) is 97.1. The van der Waals surface area contributed by atoms with E-state index in [9.17, 15) is 18.4 Å². The molecular formula is C117H89Cl2F3N24O4. The van der Waals surface area contributed by atoms with Crippen molar-refractivity contribution in [1.82, 2.24) is 92.6 Å². The summed E-state index contributed by atoms with van der Waals surface area (Å²) < 4.78 is 64.6. The van der Waals surface area contributed by atoms with E-state index in [1.54, 1.807) is 111 Å². The van der Waals surface area contributed by atoms with Crippen molar-refractivity contribution in [2.24, 2.45) is 5.73 Å². The number of hydrogen-bond donors (Lipinski definition) is 5. The standard InChI is InChI=1S/C25H22ClN5O.C24H18FN5O2.C23H17FN6O.C23H16FN3.C22H16ClN5/c1-32-13-3-10-28-20-6-7-22-21(15-20)25(31-12-9-18-16-27-11-8-23(18)31)30-24(29-22)17-4-2-5-19(26)14-17;1-32-22(31)14-27-16-6-7-20-18(12-16)24(30-11-9-15-13-26-10-8-21(15)30)29-23(28-20)17-4-2-3-5-19(17)25;24-18-4-2-1-3-16(18)22-28-19-6-5-15(27-21(31)12-25)11-17(19)23(29-22)30-10-8-14-13-26-9-7-20(14)30;1-15-5-4-6-16(13-15)22-21(24)23(18-7-2-3-8-19(18)26-22)27-12-10-17-14-25-11-9-20(17)27;1-24-17-5-6-19-18(12-17)22(28-10-8-15-13-25-9-7-20(15)28)27-21(26-19)14-3-2-4-16(23)11-14/h2,4-9,11-12,14-16,28H,3,10,13H2,1H3;2-13,27H,14H2,1H3;1-11,13H,12,25H2,(H,27,31);2-14H,1H3;2-13,24H,1H3. The molecule has 25 rings (SSSR count). The van der Waals surface area contributed by atoms with Gasteiger partial charge >= 0.3 is 5.97 Å². The minimum absolute atomic E-state index is 0.0314. The summed E-state index contributed by atoms with van der Waals surface area (Å²) in [5, 5.41) is 22.9. The average molecular weight is 2020 g/mol. The van der Waals surface area contributed by atoms with E-state index >= 15 is 4.39 Å². The van der Waals surface area contributed by atoms with Gasteiger partial charge in [-0.05, 0) is 207 Å². The lowest BCUT2D eigenvalue weighted by atomic mass is 10.0. The van der Waals surface area contributed by atoms with Gasteiger partial charge in [-0.15, -0.1) is 0 Å². The maximum Gasteiger partial charge on any atom is 0.325 e. The Bertz CT molecular complexity index is 9430. The maximum atomic E-state index is 15.8. The van der Waals surface area contributed by atoms with E-state index in [-0.39, 0.29) is 42.4 Å². The van der Waals surface area contributed by atoms with E-state index in [1.165, 1.54) is 19.2 Å². The molecule has 15 heterocycles. The van der Waals surface area contributed by atoms with Crippen LogP contribution in [0.4, 0.5) is 35.9 Å². The molecule has 0 fully saturated rings. The van der Waals surface area contributed by atoms with Crippen molar-refractivity contribution < 1.29 is 32.2 Å². The van der Waals surface area contributed by atoms with E-state index in [4.69, 9.17) is 68.3 Å². The SMILES string of the molecule is CNc1ccc2nc(-c3cccc(Cl)c3)nc(-n3ccc4cnccc43)c2c1.COC(=O)CNc1ccc2nc(-c3ccccc3F)nc(-n3ccc4cnccc43)c2c1.COCCCNc1ccc2nc(-c3cccc(Cl)c3)nc(-n3ccc4cnccc43)c2c1.Cc1cccc(-c2nc3ccccc3c(-n3ccc4cnccc43)c2F)c1.NCC(=O)Nc1ccc2nc(-c3ccccc3F)nc(-n3ccc4cnccc43)c2c1. The van der Waals surface area contributed by atoms with Gasteiger partial charge in [-0.3, -0.25) is 34.5 Å². The Balaban J connectivity index is 0.000000110. The summed E-state index contributed by atoms with van der Waals surface area (Å²) in [5.74, 6) is 2.82. The number of anilines is 4. The Kier molecular flexibility index (Phi) is 28.2. The zero-order valence-electron chi connectivity index (χ0n) is 80.9. The maximum absolute atomic E-state index is 15.8. The van der Waals surface area contributed by atoms with Crippen molar-refractivity contribution >= 4 is 167 Å². The van der Waals surface area contributed by atoms with Gasteiger partial charge in [0.25, 0.3) is 0 Å². The second-order valence-corrected chi connectivity index (χ2v) is 35.6. The van der Waals surface area contributed by atoms with Gasteiger partial charge in [-0.25, -0.2) is 58.0 Å². The van der Waals surface area contributed by atoms with Crippen LogP contribution >= 0.6 is 23.2 Å². The lowest BCUT2D eigenvalue weighted by molar-refractivity contribution is -0.138. The van der Waals surface area contributed by atoms with Gasteiger partial charge in [-0.2, -0.15) is 0 Å². The van der Waals surface area contributed by atoms with E-state index in [2.05, 4.69) is 82.4 Å². The molecule has 25 aromatic rings. The van der Waals surface area contributed by atoms with Gasteiger partial charge in [0.2, 0.25) is 5.91 Å². The zero-order chi connectivity index (χ0) is 103. The number of hydrogen-bond acceptors (Lipinski definition) is 22. The molecule has 0 saturated heterocycles. The minimum atomic E-state index is -0.402. The first-order valence-corrected chi connectivity index (χ1v) is 48.4. The molecule has 0 bridgehead atoms. The predicted molar refractivity (Wildman–Crippen MR) is 588 cm³/mol. The second kappa shape index (κ2) is 43.5. The Hall–Kier alpha value is -19.0. The number of nitrogens with zero attached hydrogens (tertiary/aromatic N) is 19. The van der Waals surface area contributed by atoms with Crippen LogP contribution in [0, 0.1) is 24.4 Å². The van der Waals surface area contributed by atoms with Crippen LogP contribution in [0.25, 0.3) is 195 Å². The fourth-order valence-corrected chi connectivity index (χ4v) is 18.2. The number of carbonyl (C=O) groups excluding carboxylic acids is 2. The number of nitrogens with one attached hydrogen (secondary N) is 4. The molecule has 0 spiro atoms. The van der Waals surface area contributed by atoms with Crippen molar-refractivity contribution in [2.45, 2.75) is 13.3 Å². The molecule has 15 aromatic heterocycles. The van der Waals surface area contributed by atoms with Crippen LogP contribution in [0.15, 0.2) is 372 Å². The normalized spacial score (nSPS) is 11.2. The fourth-order valence-electron chi connectivity index (χ4n) is 17.8. The Morgan fingerprint density at radius 1 is 0.373 bits per heavy atom. The molecule has 150 heavy (non-hydrogen) atoms. The van der Waals surface area contributed by atoms with Crippen molar-refractivity contribution in [3.8, 4) is 85.8 Å². The van der Waals surface area contributed by atoms with Crippen molar-refractivity contribution in [3.63, 3.8) is 0 Å². The highest BCUT2D eigenvalue weighted by Gasteiger charge is 2.25. The van der Waals surface area contributed by atoms with Crippen LogP contribution in [-0.2, 0) is 19.1 Å². The van der Waals surface area contributed by atoms with Gasteiger partial charge in [0.1, 0.15) is 47.1 Å². The minimum Gasteiger partial charge on any atom is -0.468 e. The molecule has 33 heteroatoms. The lowest BCUT2D eigenvalue weighted by Gasteiger charge is -2.14. The highest BCUT2D eigenvalue weighted by molar-refractivity contribution is 6.31. The summed E-state index contributed by atoms with van der Waals surface area (Å²) in [4.78, 5) is 87.1. The van der Waals surface area contributed by atoms with Crippen molar-refractivity contribution in [1.29, 1.82) is 0 Å². The van der Waals surface area contributed by atoms with Gasteiger partial charge in [0.05, 0.1) is 85.6 Å². The smallest absolute Gasteiger partial charge is 0.325 e. The summed E-state index contributed by atoms with van der Waals surface area (Å²) in [6, 6.07) is 86.1. The summed E-state index contributed by atoms with van der Waals surface area (Å²) >= 11 is 12.4. The van der Waals surface area contributed by atoms with Crippen LogP contribution in [0.3, 0.4) is 0 Å². The molecule has 0 aliphatic heterocycles. The number of rotatable bonds is 21. The number of amides is 1. The number of halogens is 5. The predicted octanol–water partition coefficient (Wildman–Crippen LogP) is 24.8. The quantitative estimate of drug-likeness (QED) is 0.0329. The molecule has 10 aromatic carbocycles. The number of pyridine rings is 6. The molecule has 0 radical (unpaired) electrons. The number of nitrogens with two attached hydrogens (primary N) is 1. The molecule has 28 nitrogen and oxygen atoms in total. The number of aryl methyl sites for hydroxylation is 1. The number of benzene rings is 10. The molecule has 6 N–H and O–H groups in total. The first-order chi connectivity index (χ1) is 73.4. The van der Waals surface area contributed by atoms with Gasteiger partial charge in [0.15, 0.2) is 29.1 Å². The number of ether oxygens (including phenoxy) is 2. The summed E-state index contributed by atoms with van der Waals surface area (Å²) in [5.41, 5.74) is 22.4. The monoisotopic (exact) mass is 2020 g/mol. The highest BCUT2D eigenvalue weighted by atomic mass is 35.5. The Morgan fingerprint density at radius 3 is 1.20 bits per heavy atom. The molecule has 0 atom stereocenters. The molecule has 0 aliphatic carbocycles. The number of methoxy groups -OCH3 is 2. The fraction of sp³-hybridized carbons (Fsp3) is 0.0769. The van der Waals surface area contributed by atoms with E-state index in [0.29, 0.717) is 83.6 Å². The van der Waals surface area contributed by atoms with Gasteiger partial charge in [0, 0.05) is 224 Å². The average Bonchev–Trinajstić information content (AvgIpc) is 1.27. The summed E-state index contributed by atoms with van der Waals surface area (Å²) in [6.45, 7) is 3.46. The second-order valence-electron chi connectivity index (χ2n) is 34.7. The van der Waals surface area contributed by atoms with Crippen molar-refractivity contribution in [2.75, 3.05) is 68.8 Å². The first-order valence-electron chi connectivity index (χ1n) is 47.7. The third-order valence-corrected chi connectivity index (χ3v) is 25.5. The molecule has 0 unspecified atom stereocenters. The molecular weight excluding hydrogens is 1930 g/mol. The molecule has 0 aliphatic rings. The van der Waals surface area contributed by atoms with E-state index < -0.39 is 11.6 Å². The third kappa shape index (κ3) is 20.5. The van der Waals surface area contributed by atoms with E-state index in [1.807, 2.05) is 271 Å². The number of carbonyl (C=O) groups is 2. The van der Waals surface area contributed by atoms with E-state index in [0.717, 1.165) is 157 Å². The number of aromatic nitrogens is 19. The van der Waals surface area contributed by atoms with Crippen molar-refractivity contribution in [3.05, 3.63) is 405 Å². The Labute approximate surface area is 864 Å². The molecule has 1 amide bonds. The third-order valence-electron chi connectivity index (χ3n) is 25.1. The Morgan fingerprint density at radius 2 is 0.760 bits per heavy atom.